The first kappa shape index (κ1) is 34.6. The third kappa shape index (κ3) is 8.72. The second kappa shape index (κ2) is 14.9. The van der Waals surface area contributed by atoms with Gasteiger partial charge in [0.1, 0.15) is 0 Å². The summed E-state index contributed by atoms with van der Waals surface area (Å²) in [6.45, 7) is 4.41. The Kier molecular flexibility index (Phi) is 11.5. The minimum Gasteiger partial charge on any atom is -0.479 e. The van der Waals surface area contributed by atoms with E-state index in [0.717, 1.165) is 35.3 Å². The van der Waals surface area contributed by atoms with Crippen LogP contribution in [0.25, 0.3) is 10.4 Å². The van der Waals surface area contributed by atoms with Gasteiger partial charge in [-0.1, -0.05) is 55.0 Å². The van der Waals surface area contributed by atoms with Crippen molar-refractivity contribution in [2.45, 2.75) is 51.8 Å². The van der Waals surface area contributed by atoms with E-state index in [9.17, 15) is 22.8 Å². The summed E-state index contributed by atoms with van der Waals surface area (Å²) in [7, 11) is -2.39. The summed E-state index contributed by atoms with van der Waals surface area (Å²) in [4.78, 5) is 37.7. The molecule has 0 saturated carbocycles. The predicted octanol–water partition coefficient (Wildman–Crippen LogP) is 6.49. The maximum atomic E-state index is 13.6. The highest BCUT2D eigenvalue weighted by Gasteiger charge is 2.34. The number of halogens is 1. The van der Waals surface area contributed by atoms with Crippen LogP contribution in [0.3, 0.4) is 0 Å². The third-order valence-electron chi connectivity index (χ3n) is 7.09. The molecule has 10 nitrogen and oxygen atoms in total. The summed E-state index contributed by atoms with van der Waals surface area (Å²) in [5, 5.41) is 0. The molecular formula is C32H36BrNO9S2. The summed E-state index contributed by atoms with van der Waals surface area (Å²) in [5.74, 6) is -2.01. The van der Waals surface area contributed by atoms with Gasteiger partial charge in [-0.2, -0.15) is 4.31 Å². The number of rotatable bonds is 11. The molecule has 0 N–H and O–H groups in total. The number of esters is 3. The molecule has 3 aromatic rings. The van der Waals surface area contributed by atoms with Crippen molar-refractivity contribution in [2.75, 3.05) is 27.1 Å². The van der Waals surface area contributed by atoms with Gasteiger partial charge in [0.15, 0.2) is 17.2 Å². The molecule has 242 valence electrons. The Hall–Kier alpha value is -3.26. The van der Waals surface area contributed by atoms with Gasteiger partial charge in [-0.05, 0) is 72.3 Å². The second-order valence-corrected chi connectivity index (χ2v) is 15.2. The van der Waals surface area contributed by atoms with Crippen molar-refractivity contribution in [3.05, 3.63) is 75.1 Å². The molecule has 0 spiro atoms. The lowest BCUT2D eigenvalue weighted by Crippen LogP contribution is -2.39. The number of carbonyl (C=O) groups excluding carboxylic acids is 3. The van der Waals surface area contributed by atoms with Crippen LogP contribution in [0, 0.1) is 5.41 Å². The number of methoxy groups -OCH3 is 1. The van der Waals surface area contributed by atoms with E-state index < -0.39 is 46.7 Å². The minimum absolute atomic E-state index is 0.0442. The molecule has 0 aliphatic carbocycles. The van der Waals surface area contributed by atoms with Gasteiger partial charge in [-0.3, -0.25) is 4.79 Å². The van der Waals surface area contributed by atoms with Crippen LogP contribution in [-0.4, -0.2) is 57.7 Å². The Balaban J connectivity index is 1.64. The number of thiophene rings is 1. The fourth-order valence-electron chi connectivity index (χ4n) is 4.78. The van der Waals surface area contributed by atoms with Crippen LogP contribution < -0.4 is 4.74 Å². The summed E-state index contributed by atoms with van der Waals surface area (Å²) in [5.41, 5.74) is 1.47. The lowest BCUT2D eigenvalue weighted by molar-refractivity contribution is -0.161. The summed E-state index contributed by atoms with van der Waals surface area (Å²) in [6.07, 6.45) is 2.33. The molecule has 0 radical (unpaired) electrons. The zero-order chi connectivity index (χ0) is 32.8. The molecule has 13 heteroatoms. The molecule has 1 aliphatic rings. The van der Waals surface area contributed by atoms with Gasteiger partial charge in [-0.15, -0.1) is 11.3 Å². The molecule has 1 saturated heterocycles. The molecule has 4 rings (SSSR count). The smallest absolute Gasteiger partial charge is 0.355 e. The number of nitrogens with zero attached hydrogens (tertiary/aromatic N) is 1. The van der Waals surface area contributed by atoms with Crippen LogP contribution in [0.2, 0.25) is 0 Å². The van der Waals surface area contributed by atoms with Crippen molar-refractivity contribution < 1.29 is 41.7 Å². The Labute approximate surface area is 275 Å². The largest absolute Gasteiger partial charge is 0.479 e. The fraction of sp³-hybridized carbons (Fsp3) is 0.406. The van der Waals surface area contributed by atoms with Gasteiger partial charge in [0.05, 0.1) is 27.6 Å². The maximum absolute atomic E-state index is 13.6. The molecular weight excluding hydrogens is 686 g/mol. The summed E-state index contributed by atoms with van der Waals surface area (Å²) in [6, 6.07) is 16.3. The van der Waals surface area contributed by atoms with E-state index in [4.69, 9.17) is 14.2 Å². The van der Waals surface area contributed by atoms with Crippen molar-refractivity contribution in [3.63, 3.8) is 0 Å². The topological polar surface area (TPSA) is 126 Å². The van der Waals surface area contributed by atoms with E-state index in [2.05, 4.69) is 20.7 Å². The first-order valence-electron chi connectivity index (χ1n) is 14.3. The van der Waals surface area contributed by atoms with Gasteiger partial charge in [0.25, 0.3) is 0 Å². The van der Waals surface area contributed by atoms with Crippen molar-refractivity contribution in [3.8, 4) is 16.2 Å². The molecule has 0 bridgehead atoms. The first-order valence-corrected chi connectivity index (χ1v) is 17.5. The highest BCUT2D eigenvalue weighted by molar-refractivity contribution is 9.10. The van der Waals surface area contributed by atoms with Gasteiger partial charge in [0, 0.05) is 12.6 Å². The normalized spacial score (nSPS) is 15.7. The van der Waals surface area contributed by atoms with Crippen LogP contribution in [-0.2, 0) is 39.6 Å². The molecule has 1 unspecified atom stereocenters. The number of hydrogen-bond donors (Lipinski definition) is 0. The highest BCUT2D eigenvalue weighted by Crippen LogP contribution is 2.47. The second-order valence-electron chi connectivity index (χ2n) is 11.5. The van der Waals surface area contributed by atoms with Crippen LogP contribution in [0.1, 0.15) is 66.9 Å². The Morgan fingerprint density at radius 3 is 2.44 bits per heavy atom. The van der Waals surface area contributed by atoms with Crippen LogP contribution in [0.5, 0.6) is 5.75 Å². The number of hydrogen-bond acceptors (Lipinski definition) is 10. The van der Waals surface area contributed by atoms with E-state index in [1.807, 2.05) is 54.6 Å². The number of sulfonamides is 1. The SMILES string of the molecule is COC(=O)COc1c(C(=O)OCOC(=O)C(C)(C)C)sc(-c2cccc(C3CCCCN3S(=O)(=O)Cc3ccccc3)c2)c1Br. The fourth-order valence-corrected chi connectivity index (χ4v) is 8.52. The van der Waals surface area contributed by atoms with Crippen molar-refractivity contribution in [1.29, 1.82) is 0 Å². The van der Waals surface area contributed by atoms with Gasteiger partial charge < -0.3 is 18.9 Å². The van der Waals surface area contributed by atoms with Crippen molar-refractivity contribution in [2.24, 2.45) is 5.41 Å². The summed E-state index contributed by atoms with van der Waals surface area (Å²) >= 11 is 4.60. The highest BCUT2D eigenvalue weighted by atomic mass is 79.9. The van der Waals surface area contributed by atoms with E-state index >= 15 is 0 Å². The number of benzene rings is 2. The minimum atomic E-state index is -3.61. The van der Waals surface area contributed by atoms with Gasteiger partial charge in [-0.25, -0.2) is 18.0 Å². The number of piperidine rings is 1. The van der Waals surface area contributed by atoms with E-state index in [-0.39, 0.29) is 22.4 Å². The van der Waals surface area contributed by atoms with Crippen LogP contribution in [0.15, 0.2) is 59.1 Å². The molecule has 2 aromatic carbocycles. The average molecular weight is 723 g/mol. The zero-order valence-corrected chi connectivity index (χ0v) is 28.8. The first-order chi connectivity index (χ1) is 21.3. The Morgan fingerprint density at radius 2 is 1.76 bits per heavy atom. The van der Waals surface area contributed by atoms with E-state index in [0.29, 0.717) is 27.9 Å². The Morgan fingerprint density at radius 1 is 1.02 bits per heavy atom. The van der Waals surface area contributed by atoms with Gasteiger partial charge >= 0.3 is 17.9 Å². The molecule has 1 aliphatic heterocycles. The van der Waals surface area contributed by atoms with Crippen molar-refractivity contribution >= 4 is 55.2 Å². The third-order valence-corrected chi connectivity index (χ3v) is 11.2. The molecule has 1 fully saturated rings. The molecule has 0 amide bonds. The molecule has 2 heterocycles. The lowest BCUT2D eigenvalue weighted by Gasteiger charge is -2.35. The predicted molar refractivity (Wildman–Crippen MR) is 173 cm³/mol. The molecule has 1 atom stereocenters. The number of carbonyl (C=O) groups is 3. The zero-order valence-electron chi connectivity index (χ0n) is 25.5. The quantitative estimate of drug-likeness (QED) is 0.161. The average Bonchev–Trinajstić information content (AvgIpc) is 3.35. The van der Waals surface area contributed by atoms with Gasteiger partial charge in [0.2, 0.25) is 16.8 Å². The van der Waals surface area contributed by atoms with Crippen LogP contribution >= 0.6 is 27.3 Å². The van der Waals surface area contributed by atoms with Crippen LogP contribution in [0.4, 0.5) is 0 Å². The Bertz CT molecular complexity index is 1630. The van der Waals surface area contributed by atoms with E-state index in [1.54, 1.807) is 25.1 Å². The lowest BCUT2D eigenvalue weighted by atomic mass is 9.96. The number of ether oxygens (including phenoxy) is 4. The summed E-state index contributed by atoms with van der Waals surface area (Å²) < 4.78 is 49.9. The maximum Gasteiger partial charge on any atom is 0.355 e. The standard InChI is InChI=1S/C32H36BrNO9S2/c1-32(2,3)31(37)43-20-42-30(36)29-27(41-18-25(35)40-4)26(33)28(44-29)23-14-10-13-22(17-23)24-15-8-9-16-34(24)45(38,39)19-21-11-6-5-7-12-21/h5-7,10-14,17,24H,8-9,15-16,18-20H2,1-4H3. The molecule has 45 heavy (non-hydrogen) atoms. The monoisotopic (exact) mass is 721 g/mol. The van der Waals surface area contributed by atoms with Crippen molar-refractivity contribution in [1.82, 2.24) is 4.31 Å². The molecule has 1 aromatic heterocycles. The van der Waals surface area contributed by atoms with E-state index in [1.165, 1.54) is 7.11 Å².